The van der Waals surface area contributed by atoms with Gasteiger partial charge in [0.2, 0.25) is 10.0 Å². The molecule has 0 heterocycles. The third kappa shape index (κ3) is 4.32. The number of fused-ring (bicyclic) bond motifs is 1. The summed E-state index contributed by atoms with van der Waals surface area (Å²) in [5.41, 5.74) is 3.26. The maximum Gasteiger partial charge on any atom is 0.295 e. The smallest absolute Gasteiger partial charge is 0.272 e. The van der Waals surface area contributed by atoms with Gasteiger partial charge in [0.25, 0.3) is 5.69 Å². The van der Waals surface area contributed by atoms with E-state index in [0.717, 1.165) is 22.4 Å². The molecule has 9 heteroatoms. The Labute approximate surface area is 175 Å². The summed E-state index contributed by atoms with van der Waals surface area (Å²) in [6.45, 7) is 3.99. The maximum absolute atomic E-state index is 12.7. The molecule has 1 N–H and O–H groups in total. The van der Waals surface area contributed by atoms with Crippen LogP contribution in [0.5, 0.6) is 0 Å². The summed E-state index contributed by atoms with van der Waals surface area (Å²) in [6.07, 6.45) is 1.58. The van der Waals surface area contributed by atoms with E-state index in [0.29, 0.717) is 0 Å². The van der Waals surface area contributed by atoms with Gasteiger partial charge in [0.05, 0.1) is 16.0 Å². The normalized spacial score (nSPS) is 12.0. The first-order valence-electron chi connectivity index (χ1n) is 9.44. The summed E-state index contributed by atoms with van der Waals surface area (Å²) in [7, 11) is -3.80. The summed E-state index contributed by atoms with van der Waals surface area (Å²) in [6, 6.07) is 17.4. The molecule has 0 atom stereocenters. The van der Waals surface area contributed by atoms with Crippen LogP contribution in [-0.4, -0.2) is 37.0 Å². The van der Waals surface area contributed by atoms with Crippen LogP contribution in [0.2, 0.25) is 0 Å². The quantitative estimate of drug-likeness (QED) is 0.330. The number of nitrogens with zero attached hydrogens (tertiary/aromatic N) is 3. The van der Waals surface area contributed by atoms with Gasteiger partial charge in [-0.1, -0.05) is 56.3 Å². The molecule has 3 aromatic carbocycles. The Balaban J connectivity index is 1.91. The van der Waals surface area contributed by atoms with E-state index in [9.17, 15) is 18.5 Å². The van der Waals surface area contributed by atoms with Crippen molar-refractivity contribution in [2.45, 2.75) is 18.7 Å². The molecule has 0 spiro atoms. The van der Waals surface area contributed by atoms with Crippen molar-refractivity contribution in [3.8, 4) is 0 Å². The van der Waals surface area contributed by atoms with E-state index < -0.39 is 14.9 Å². The van der Waals surface area contributed by atoms with E-state index in [2.05, 4.69) is 10.5 Å². The third-order valence-electron chi connectivity index (χ3n) is 4.72. The standard InChI is InChI=1S/C21H22N4O4S/c1-3-24(4-2)30(28,29)18-12-13-20(21(14-18)25(26)27)23-22-15-17-10-7-9-16-8-5-6-11-19(16)17/h5-15,23H,3-4H2,1-2H3/b22-15-. The molecule has 0 unspecified atom stereocenters. The molecular formula is C21H22N4O4S. The lowest BCUT2D eigenvalue weighted by atomic mass is 10.1. The van der Waals surface area contributed by atoms with Crippen molar-refractivity contribution >= 4 is 38.4 Å². The van der Waals surface area contributed by atoms with Crippen LogP contribution in [0.3, 0.4) is 0 Å². The lowest BCUT2D eigenvalue weighted by Crippen LogP contribution is -2.30. The second kappa shape index (κ2) is 9.02. The van der Waals surface area contributed by atoms with Crippen LogP contribution in [0.1, 0.15) is 19.4 Å². The van der Waals surface area contributed by atoms with Gasteiger partial charge in [0.15, 0.2) is 0 Å². The molecule has 8 nitrogen and oxygen atoms in total. The van der Waals surface area contributed by atoms with Crippen LogP contribution in [0.4, 0.5) is 11.4 Å². The summed E-state index contributed by atoms with van der Waals surface area (Å²) < 4.78 is 26.6. The third-order valence-corrected chi connectivity index (χ3v) is 6.77. The molecule has 0 fully saturated rings. The van der Waals surface area contributed by atoms with Gasteiger partial charge in [0, 0.05) is 24.7 Å². The van der Waals surface area contributed by atoms with Crippen molar-refractivity contribution < 1.29 is 13.3 Å². The number of sulfonamides is 1. The largest absolute Gasteiger partial charge is 0.295 e. The predicted octanol–water partition coefficient (Wildman–Crippen LogP) is 4.22. The minimum absolute atomic E-state index is 0.106. The van der Waals surface area contributed by atoms with E-state index in [1.54, 1.807) is 20.1 Å². The second-order valence-electron chi connectivity index (χ2n) is 6.46. The van der Waals surface area contributed by atoms with E-state index in [-0.39, 0.29) is 29.4 Å². The Kier molecular flexibility index (Phi) is 6.43. The summed E-state index contributed by atoms with van der Waals surface area (Å²) in [5, 5.41) is 17.7. The van der Waals surface area contributed by atoms with Crippen LogP contribution < -0.4 is 5.43 Å². The number of benzene rings is 3. The molecular weight excluding hydrogens is 404 g/mol. The molecule has 0 bridgehead atoms. The summed E-state index contributed by atoms with van der Waals surface area (Å²) in [4.78, 5) is 10.8. The van der Waals surface area contributed by atoms with E-state index in [1.807, 2.05) is 42.5 Å². The fourth-order valence-electron chi connectivity index (χ4n) is 3.16. The highest BCUT2D eigenvalue weighted by Gasteiger charge is 2.25. The van der Waals surface area contributed by atoms with Crippen molar-refractivity contribution in [3.63, 3.8) is 0 Å². The molecule has 3 rings (SSSR count). The Morgan fingerprint density at radius 2 is 1.77 bits per heavy atom. The number of nitro benzene ring substituents is 1. The molecule has 0 aliphatic rings. The molecule has 0 aliphatic heterocycles. The molecule has 0 amide bonds. The van der Waals surface area contributed by atoms with E-state index in [4.69, 9.17) is 0 Å². The number of rotatable bonds is 8. The number of nitro groups is 1. The van der Waals surface area contributed by atoms with E-state index in [1.165, 1.54) is 16.4 Å². The lowest BCUT2D eigenvalue weighted by molar-refractivity contribution is -0.384. The molecule has 156 valence electrons. The maximum atomic E-state index is 12.7. The van der Waals surface area contributed by atoms with Gasteiger partial charge < -0.3 is 0 Å². The minimum Gasteiger partial charge on any atom is -0.272 e. The number of anilines is 1. The monoisotopic (exact) mass is 426 g/mol. The fourth-order valence-corrected chi connectivity index (χ4v) is 4.64. The van der Waals surface area contributed by atoms with E-state index >= 15 is 0 Å². The average molecular weight is 426 g/mol. The van der Waals surface area contributed by atoms with Gasteiger partial charge >= 0.3 is 0 Å². The average Bonchev–Trinajstić information content (AvgIpc) is 2.74. The predicted molar refractivity (Wildman–Crippen MR) is 118 cm³/mol. The zero-order chi connectivity index (χ0) is 21.7. The number of hydrogen-bond acceptors (Lipinski definition) is 6. The molecule has 0 aliphatic carbocycles. The zero-order valence-electron chi connectivity index (χ0n) is 16.6. The Hall–Kier alpha value is -3.30. The van der Waals surface area contributed by atoms with Gasteiger partial charge in [-0.25, -0.2) is 8.42 Å². The van der Waals surface area contributed by atoms with Gasteiger partial charge in [-0.3, -0.25) is 15.5 Å². The van der Waals surface area contributed by atoms with Crippen LogP contribution in [-0.2, 0) is 10.0 Å². The summed E-state index contributed by atoms with van der Waals surface area (Å²) in [5.74, 6) is 0. The zero-order valence-corrected chi connectivity index (χ0v) is 17.5. The molecule has 0 saturated carbocycles. The first kappa shape index (κ1) is 21.4. The van der Waals surface area contributed by atoms with Crippen LogP contribution in [0, 0.1) is 10.1 Å². The molecule has 30 heavy (non-hydrogen) atoms. The highest BCUT2D eigenvalue weighted by Crippen LogP contribution is 2.29. The highest BCUT2D eigenvalue weighted by molar-refractivity contribution is 7.89. The Morgan fingerprint density at radius 3 is 2.47 bits per heavy atom. The van der Waals surface area contributed by atoms with Crippen LogP contribution >= 0.6 is 0 Å². The topological polar surface area (TPSA) is 105 Å². The number of hydrazone groups is 1. The first-order valence-corrected chi connectivity index (χ1v) is 10.9. The molecule has 0 aromatic heterocycles. The minimum atomic E-state index is -3.80. The van der Waals surface area contributed by atoms with Crippen molar-refractivity contribution in [1.29, 1.82) is 0 Å². The molecule has 0 saturated heterocycles. The van der Waals surface area contributed by atoms with Gasteiger partial charge in [-0.2, -0.15) is 9.41 Å². The van der Waals surface area contributed by atoms with Crippen molar-refractivity contribution in [3.05, 3.63) is 76.3 Å². The van der Waals surface area contributed by atoms with Crippen LogP contribution in [0.25, 0.3) is 10.8 Å². The van der Waals surface area contributed by atoms with Crippen molar-refractivity contribution in [1.82, 2.24) is 4.31 Å². The van der Waals surface area contributed by atoms with Gasteiger partial charge in [-0.15, -0.1) is 0 Å². The second-order valence-corrected chi connectivity index (χ2v) is 8.40. The SMILES string of the molecule is CCN(CC)S(=O)(=O)c1ccc(N/N=C\c2cccc3ccccc23)c([N+](=O)[O-])c1. The molecule has 0 radical (unpaired) electrons. The van der Waals surface area contributed by atoms with Gasteiger partial charge in [-0.05, 0) is 22.9 Å². The van der Waals surface area contributed by atoms with Gasteiger partial charge in [0.1, 0.15) is 5.69 Å². The summed E-state index contributed by atoms with van der Waals surface area (Å²) >= 11 is 0. The number of nitrogens with one attached hydrogen (secondary N) is 1. The Bertz CT molecular complexity index is 1200. The highest BCUT2D eigenvalue weighted by atomic mass is 32.2. The fraction of sp³-hybridized carbons (Fsp3) is 0.190. The Morgan fingerprint density at radius 1 is 1.07 bits per heavy atom. The van der Waals surface area contributed by atoms with Crippen molar-refractivity contribution in [2.75, 3.05) is 18.5 Å². The van der Waals surface area contributed by atoms with Crippen molar-refractivity contribution in [2.24, 2.45) is 5.10 Å². The number of hydrogen-bond donors (Lipinski definition) is 1. The first-order chi connectivity index (χ1) is 14.4. The lowest BCUT2D eigenvalue weighted by Gasteiger charge is -2.18. The van der Waals surface area contributed by atoms with Crippen LogP contribution in [0.15, 0.2) is 70.7 Å². The molecule has 3 aromatic rings.